The molecular formula is C19H28N2O. The van der Waals surface area contributed by atoms with Crippen molar-refractivity contribution in [3.8, 4) is 0 Å². The maximum absolute atomic E-state index is 13.2. The number of carbonyl (C=O) groups excluding carboxylic acids is 1. The van der Waals surface area contributed by atoms with Gasteiger partial charge in [-0.25, -0.2) is 0 Å². The topological polar surface area (TPSA) is 32.3 Å². The molecule has 1 amide bonds. The molecule has 120 valence electrons. The monoisotopic (exact) mass is 300 g/mol. The number of benzene rings is 1. The minimum absolute atomic E-state index is 0.00466. The zero-order chi connectivity index (χ0) is 15.7. The second kappa shape index (κ2) is 6.04. The van der Waals surface area contributed by atoms with Crippen molar-refractivity contribution >= 4 is 5.91 Å². The Kier molecular flexibility index (Phi) is 4.26. The second-order valence-corrected chi connectivity index (χ2v) is 7.45. The zero-order valence-electron chi connectivity index (χ0n) is 14.1. The van der Waals surface area contributed by atoms with E-state index in [4.69, 9.17) is 0 Å². The van der Waals surface area contributed by atoms with Gasteiger partial charge in [0.05, 0.1) is 0 Å². The van der Waals surface area contributed by atoms with E-state index in [1.165, 1.54) is 24.8 Å². The minimum Gasteiger partial charge on any atom is -0.337 e. The van der Waals surface area contributed by atoms with Crippen molar-refractivity contribution in [1.29, 1.82) is 0 Å². The molecule has 1 unspecified atom stereocenters. The van der Waals surface area contributed by atoms with E-state index in [2.05, 4.69) is 42.3 Å². The van der Waals surface area contributed by atoms with Gasteiger partial charge in [0.2, 0.25) is 5.91 Å². The summed E-state index contributed by atoms with van der Waals surface area (Å²) >= 11 is 0. The molecule has 1 atom stereocenters. The summed E-state index contributed by atoms with van der Waals surface area (Å²) in [6, 6.07) is 8.65. The Balaban J connectivity index is 2.02. The summed E-state index contributed by atoms with van der Waals surface area (Å²) in [6.45, 7) is 5.37. The van der Waals surface area contributed by atoms with Crippen LogP contribution in [0.3, 0.4) is 0 Å². The third-order valence-corrected chi connectivity index (χ3v) is 5.40. The summed E-state index contributed by atoms with van der Waals surface area (Å²) in [4.78, 5) is 15.4. The number of nitrogens with zero attached hydrogens (tertiary/aromatic N) is 1. The number of fused-ring (bicyclic) bond motifs is 1. The van der Waals surface area contributed by atoms with E-state index >= 15 is 0 Å². The SMILES string of the molecule is CNC1C(=O)N(C2CCCCC2)CC(C)(C)c2ccccc21. The molecule has 0 saturated heterocycles. The van der Waals surface area contributed by atoms with Crippen LogP contribution in [0.1, 0.15) is 63.1 Å². The van der Waals surface area contributed by atoms with Crippen molar-refractivity contribution < 1.29 is 4.79 Å². The van der Waals surface area contributed by atoms with Gasteiger partial charge in [-0.15, -0.1) is 0 Å². The third kappa shape index (κ3) is 2.67. The van der Waals surface area contributed by atoms with Crippen LogP contribution in [0.5, 0.6) is 0 Å². The number of carbonyl (C=O) groups is 1. The molecule has 0 bridgehead atoms. The minimum atomic E-state index is -0.208. The standard InChI is InChI=1S/C19H28N2O/c1-19(2)13-21(14-9-5-4-6-10-14)18(22)17(20-3)15-11-7-8-12-16(15)19/h7-8,11-12,14,17,20H,4-6,9-10,13H2,1-3H3. The Morgan fingerprint density at radius 3 is 2.50 bits per heavy atom. The van der Waals surface area contributed by atoms with E-state index in [-0.39, 0.29) is 17.4 Å². The molecule has 22 heavy (non-hydrogen) atoms. The quantitative estimate of drug-likeness (QED) is 0.908. The van der Waals surface area contributed by atoms with E-state index in [1.807, 2.05) is 13.1 Å². The van der Waals surface area contributed by atoms with Gasteiger partial charge in [0.1, 0.15) is 6.04 Å². The Hall–Kier alpha value is -1.35. The van der Waals surface area contributed by atoms with Crippen LogP contribution in [0.4, 0.5) is 0 Å². The normalized spacial score (nSPS) is 25.7. The Morgan fingerprint density at radius 2 is 1.82 bits per heavy atom. The molecule has 1 saturated carbocycles. The Labute approximate surface area is 134 Å². The third-order valence-electron chi connectivity index (χ3n) is 5.40. The fraction of sp³-hybridized carbons (Fsp3) is 0.632. The summed E-state index contributed by atoms with van der Waals surface area (Å²) in [7, 11) is 1.90. The molecule has 2 aliphatic rings. The molecule has 1 heterocycles. The van der Waals surface area contributed by atoms with E-state index in [9.17, 15) is 4.79 Å². The van der Waals surface area contributed by atoms with Gasteiger partial charge in [0.25, 0.3) is 0 Å². The fourth-order valence-corrected chi connectivity index (χ4v) is 4.23. The van der Waals surface area contributed by atoms with Crippen LogP contribution in [-0.2, 0) is 10.2 Å². The van der Waals surface area contributed by atoms with E-state index < -0.39 is 0 Å². The predicted octanol–water partition coefficient (Wildman–Crippen LogP) is 3.40. The van der Waals surface area contributed by atoms with E-state index in [1.54, 1.807) is 0 Å². The molecule has 1 aromatic rings. The molecule has 0 spiro atoms. The lowest BCUT2D eigenvalue weighted by Gasteiger charge is -2.38. The molecule has 1 N–H and O–H groups in total. The van der Waals surface area contributed by atoms with Crippen molar-refractivity contribution in [2.45, 2.75) is 63.5 Å². The van der Waals surface area contributed by atoms with Crippen molar-refractivity contribution in [3.63, 3.8) is 0 Å². The average Bonchev–Trinajstić information content (AvgIpc) is 2.62. The maximum Gasteiger partial charge on any atom is 0.244 e. The smallest absolute Gasteiger partial charge is 0.244 e. The van der Waals surface area contributed by atoms with Gasteiger partial charge in [-0.1, -0.05) is 57.4 Å². The lowest BCUT2D eigenvalue weighted by Crippen LogP contribution is -2.48. The molecule has 1 fully saturated rings. The second-order valence-electron chi connectivity index (χ2n) is 7.45. The van der Waals surface area contributed by atoms with Crippen LogP contribution in [0.25, 0.3) is 0 Å². The molecule has 0 radical (unpaired) electrons. The molecule has 1 aromatic carbocycles. The molecule has 3 rings (SSSR count). The van der Waals surface area contributed by atoms with Crippen LogP contribution in [0, 0.1) is 0 Å². The highest BCUT2D eigenvalue weighted by molar-refractivity contribution is 5.85. The first-order valence-corrected chi connectivity index (χ1v) is 8.62. The number of rotatable bonds is 2. The van der Waals surface area contributed by atoms with E-state index in [0.717, 1.165) is 24.9 Å². The number of likely N-dealkylation sites (N-methyl/N-ethyl adjacent to an activating group) is 1. The molecule has 0 aromatic heterocycles. The van der Waals surface area contributed by atoms with Gasteiger partial charge in [0, 0.05) is 18.0 Å². The summed E-state index contributed by atoms with van der Waals surface area (Å²) in [5, 5.41) is 3.27. The lowest BCUT2D eigenvalue weighted by molar-refractivity contribution is -0.137. The first-order chi connectivity index (χ1) is 10.5. The number of hydrogen-bond donors (Lipinski definition) is 1. The summed E-state index contributed by atoms with van der Waals surface area (Å²) in [5.41, 5.74) is 2.45. The van der Waals surface area contributed by atoms with Gasteiger partial charge in [-0.2, -0.15) is 0 Å². The number of hydrogen-bond acceptors (Lipinski definition) is 2. The van der Waals surface area contributed by atoms with Crippen LogP contribution in [0.15, 0.2) is 24.3 Å². The predicted molar refractivity (Wildman–Crippen MR) is 89.9 cm³/mol. The highest BCUT2D eigenvalue weighted by Gasteiger charge is 2.40. The maximum atomic E-state index is 13.2. The highest BCUT2D eigenvalue weighted by atomic mass is 16.2. The van der Waals surface area contributed by atoms with Gasteiger partial charge in [0.15, 0.2) is 0 Å². The Bertz CT molecular complexity index is 546. The number of nitrogens with one attached hydrogen (secondary N) is 1. The van der Waals surface area contributed by atoms with Crippen LogP contribution >= 0.6 is 0 Å². The van der Waals surface area contributed by atoms with E-state index in [0.29, 0.717) is 6.04 Å². The van der Waals surface area contributed by atoms with Crippen LogP contribution in [-0.4, -0.2) is 30.4 Å². The van der Waals surface area contributed by atoms with Crippen LogP contribution in [0.2, 0.25) is 0 Å². The largest absolute Gasteiger partial charge is 0.337 e. The van der Waals surface area contributed by atoms with Crippen molar-refractivity contribution in [2.24, 2.45) is 0 Å². The molecule has 3 heteroatoms. The van der Waals surface area contributed by atoms with Gasteiger partial charge < -0.3 is 10.2 Å². The lowest BCUT2D eigenvalue weighted by atomic mass is 9.81. The van der Waals surface area contributed by atoms with Gasteiger partial charge in [-0.05, 0) is 31.0 Å². The molecule has 1 aliphatic carbocycles. The van der Waals surface area contributed by atoms with Gasteiger partial charge in [-0.3, -0.25) is 4.79 Å². The van der Waals surface area contributed by atoms with Crippen molar-refractivity contribution in [3.05, 3.63) is 35.4 Å². The van der Waals surface area contributed by atoms with Crippen LogP contribution < -0.4 is 5.32 Å². The first-order valence-electron chi connectivity index (χ1n) is 8.62. The Morgan fingerprint density at radius 1 is 1.14 bits per heavy atom. The zero-order valence-corrected chi connectivity index (χ0v) is 14.1. The van der Waals surface area contributed by atoms with Crippen molar-refractivity contribution in [1.82, 2.24) is 10.2 Å². The summed E-state index contributed by atoms with van der Waals surface area (Å²) in [5.74, 6) is 0.257. The molecule has 1 aliphatic heterocycles. The van der Waals surface area contributed by atoms with Gasteiger partial charge >= 0.3 is 0 Å². The summed E-state index contributed by atoms with van der Waals surface area (Å²) in [6.07, 6.45) is 6.15. The fourth-order valence-electron chi connectivity index (χ4n) is 4.23. The highest BCUT2D eigenvalue weighted by Crippen LogP contribution is 2.37. The van der Waals surface area contributed by atoms with Crippen molar-refractivity contribution in [2.75, 3.05) is 13.6 Å². The first kappa shape index (κ1) is 15.5. The molecule has 3 nitrogen and oxygen atoms in total. The summed E-state index contributed by atoms with van der Waals surface area (Å²) < 4.78 is 0. The average molecular weight is 300 g/mol. The number of amides is 1. The molecular weight excluding hydrogens is 272 g/mol.